The summed E-state index contributed by atoms with van der Waals surface area (Å²) in [4.78, 5) is 12.0. The van der Waals surface area contributed by atoms with Crippen molar-refractivity contribution in [1.82, 2.24) is 4.57 Å². The fourth-order valence-electron chi connectivity index (χ4n) is 2.36. The van der Waals surface area contributed by atoms with Crippen LogP contribution in [0, 0.1) is 11.3 Å². The molecular formula is C17H13N3O2S. The van der Waals surface area contributed by atoms with Gasteiger partial charge in [-0.25, -0.2) is 4.79 Å². The summed E-state index contributed by atoms with van der Waals surface area (Å²) in [6.07, 6.45) is 1.54. The van der Waals surface area contributed by atoms with Crippen molar-refractivity contribution >= 4 is 23.0 Å². The molecule has 0 atom stereocenters. The highest BCUT2D eigenvalue weighted by atomic mass is 32.1. The number of anilines is 1. The van der Waals surface area contributed by atoms with Crippen LogP contribution in [0.1, 0.15) is 16.1 Å². The number of carbonyl (C=O) groups excluding carboxylic acids is 1. The first-order valence-electron chi connectivity index (χ1n) is 6.78. The quantitative estimate of drug-likeness (QED) is 0.749. The van der Waals surface area contributed by atoms with E-state index >= 15 is 0 Å². The predicted octanol–water partition coefficient (Wildman–Crippen LogP) is 3.45. The first-order chi connectivity index (χ1) is 11.2. The van der Waals surface area contributed by atoms with E-state index < -0.39 is 5.97 Å². The molecule has 1 aromatic carbocycles. The summed E-state index contributed by atoms with van der Waals surface area (Å²) < 4.78 is 6.35. The van der Waals surface area contributed by atoms with Gasteiger partial charge in [0.15, 0.2) is 5.69 Å². The lowest BCUT2D eigenvalue weighted by molar-refractivity contribution is 0.0593. The van der Waals surface area contributed by atoms with Gasteiger partial charge in [0.2, 0.25) is 0 Å². The van der Waals surface area contributed by atoms with Crippen molar-refractivity contribution in [3.05, 3.63) is 58.5 Å². The highest BCUT2D eigenvalue weighted by Crippen LogP contribution is 2.27. The summed E-state index contributed by atoms with van der Waals surface area (Å²) in [6.45, 7) is 0. The van der Waals surface area contributed by atoms with Crippen molar-refractivity contribution in [1.29, 1.82) is 5.26 Å². The fourth-order valence-corrected chi connectivity index (χ4v) is 3.03. The zero-order chi connectivity index (χ0) is 16.4. The van der Waals surface area contributed by atoms with E-state index in [0.29, 0.717) is 0 Å². The Morgan fingerprint density at radius 1 is 1.26 bits per heavy atom. The lowest BCUT2D eigenvalue weighted by atomic mass is 10.1. The number of hydrogen-bond acceptors (Lipinski definition) is 5. The van der Waals surface area contributed by atoms with Crippen LogP contribution in [-0.4, -0.2) is 17.6 Å². The van der Waals surface area contributed by atoms with Gasteiger partial charge in [-0.15, -0.1) is 0 Å². The molecule has 0 aliphatic heterocycles. The molecule has 0 spiro atoms. The Labute approximate surface area is 137 Å². The van der Waals surface area contributed by atoms with Crippen molar-refractivity contribution in [2.75, 3.05) is 12.8 Å². The third-order valence-corrected chi connectivity index (χ3v) is 4.23. The topological polar surface area (TPSA) is 81.0 Å². The molecule has 3 rings (SSSR count). The first-order valence-corrected chi connectivity index (χ1v) is 7.72. The van der Waals surface area contributed by atoms with Gasteiger partial charge >= 0.3 is 5.97 Å². The SMILES string of the molecule is COC(=O)c1c(N)c(C#N)cn1-c1ccc(-c2ccsc2)cc1. The summed E-state index contributed by atoms with van der Waals surface area (Å²) in [5.41, 5.74) is 9.37. The Morgan fingerprint density at radius 3 is 2.57 bits per heavy atom. The Balaban J connectivity index is 2.08. The van der Waals surface area contributed by atoms with E-state index in [2.05, 4.69) is 5.38 Å². The van der Waals surface area contributed by atoms with Gasteiger partial charge in [0.05, 0.1) is 18.4 Å². The molecule has 0 fully saturated rings. The van der Waals surface area contributed by atoms with Crippen molar-refractivity contribution in [2.24, 2.45) is 0 Å². The fraction of sp³-hybridized carbons (Fsp3) is 0.0588. The summed E-state index contributed by atoms with van der Waals surface area (Å²) in [5, 5.41) is 13.2. The number of hydrogen-bond donors (Lipinski definition) is 1. The number of ether oxygens (including phenoxy) is 1. The maximum Gasteiger partial charge on any atom is 0.357 e. The van der Waals surface area contributed by atoms with Gasteiger partial charge in [-0.3, -0.25) is 0 Å². The minimum absolute atomic E-state index is 0.126. The van der Waals surface area contributed by atoms with Crippen LogP contribution < -0.4 is 5.73 Å². The second-order valence-electron chi connectivity index (χ2n) is 4.84. The highest BCUT2D eigenvalue weighted by molar-refractivity contribution is 7.08. The minimum atomic E-state index is -0.578. The van der Waals surface area contributed by atoms with E-state index in [1.807, 2.05) is 41.8 Å². The Bertz CT molecular complexity index is 887. The molecule has 0 saturated heterocycles. The summed E-state index contributed by atoms with van der Waals surface area (Å²) >= 11 is 1.63. The number of nitriles is 1. The molecule has 0 aliphatic rings. The van der Waals surface area contributed by atoms with E-state index in [-0.39, 0.29) is 16.9 Å². The molecule has 0 amide bonds. The molecule has 2 heterocycles. The van der Waals surface area contributed by atoms with Gasteiger partial charge in [0, 0.05) is 11.9 Å². The van der Waals surface area contributed by atoms with Crippen LogP contribution in [0.4, 0.5) is 5.69 Å². The van der Waals surface area contributed by atoms with E-state index in [4.69, 9.17) is 15.7 Å². The normalized spacial score (nSPS) is 10.3. The zero-order valence-corrected chi connectivity index (χ0v) is 13.1. The molecule has 6 heteroatoms. The number of methoxy groups -OCH3 is 1. The second-order valence-corrected chi connectivity index (χ2v) is 5.62. The van der Waals surface area contributed by atoms with Crippen LogP contribution in [0.15, 0.2) is 47.3 Å². The predicted molar refractivity (Wildman–Crippen MR) is 89.5 cm³/mol. The lowest BCUT2D eigenvalue weighted by Crippen LogP contribution is -2.11. The lowest BCUT2D eigenvalue weighted by Gasteiger charge is -2.09. The number of nitrogen functional groups attached to an aromatic ring is 1. The molecule has 5 nitrogen and oxygen atoms in total. The number of carbonyl (C=O) groups is 1. The molecule has 0 bridgehead atoms. The third-order valence-electron chi connectivity index (χ3n) is 3.54. The summed E-state index contributed by atoms with van der Waals surface area (Å²) in [5.74, 6) is -0.578. The Hall–Kier alpha value is -3.04. The zero-order valence-electron chi connectivity index (χ0n) is 12.3. The maximum absolute atomic E-state index is 12.0. The van der Waals surface area contributed by atoms with Crippen LogP contribution in [0.3, 0.4) is 0 Å². The molecule has 0 radical (unpaired) electrons. The Kier molecular flexibility index (Phi) is 3.87. The second kappa shape index (κ2) is 5.99. The van der Waals surface area contributed by atoms with Gasteiger partial charge in [0.1, 0.15) is 6.07 Å². The average Bonchev–Trinajstić information content (AvgIpc) is 3.22. The number of esters is 1. The summed E-state index contributed by atoms with van der Waals surface area (Å²) in [6, 6.07) is 11.7. The van der Waals surface area contributed by atoms with Crippen LogP contribution >= 0.6 is 11.3 Å². The van der Waals surface area contributed by atoms with Crippen LogP contribution in [0.2, 0.25) is 0 Å². The molecular weight excluding hydrogens is 310 g/mol. The largest absolute Gasteiger partial charge is 0.464 e. The monoisotopic (exact) mass is 323 g/mol. The van der Waals surface area contributed by atoms with Crippen molar-refractivity contribution in [2.45, 2.75) is 0 Å². The van der Waals surface area contributed by atoms with Crippen molar-refractivity contribution in [3.63, 3.8) is 0 Å². The van der Waals surface area contributed by atoms with Crippen molar-refractivity contribution in [3.8, 4) is 22.9 Å². The van der Waals surface area contributed by atoms with E-state index in [9.17, 15) is 4.79 Å². The first kappa shape index (κ1) is 14.9. The molecule has 23 heavy (non-hydrogen) atoms. The molecule has 0 aliphatic carbocycles. The van der Waals surface area contributed by atoms with Gasteiger partial charge < -0.3 is 15.0 Å². The van der Waals surface area contributed by atoms with Gasteiger partial charge in [-0.05, 0) is 40.1 Å². The molecule has 3 aromatic rings. The van der Waals surface area contributed by atoms with Gasteiger partial charge in [-0.2, -0.15) is 16.6 Å². The average molecular weight is 323 g/mol. The van der Waals surface area contributed by atoms with Crippen LogP contribution in [-0.2, 0) is 4.74 Å². The number of rotatable bonds is 3. The molecule has 0 unspecified atom stereocenters. The number of nitrogens with two attached hydrogens (primary N) is 1. The molecule has 2 N–H and O–H groups in total. The molecule has 114 valence electrons. The minimum Gasteiger partial charge on any atom is -0.464 e. The number of nitrogens with zero attached hydrogens (tertiary/aromatic N) is 2. The summed E-state index contributed by atoms with van der Waals surface area (Å²) in [7, 11) is 1.28. The maximum atomic E-state index is 12.0. The smallest absolute Gasteiger partial charge is 0.357 e. The van der Waals surface area contributed by atoms with E-state index in [1.54, 1.807) is 22.1 Å². The standard InChI is InChI=1S/C17H13N3O2S/c1-22-17(21)16-15(19)13(8-18)9-20(16)14-4-2-11(3-5-14)12-6-7-23-10-12/h2-7,9-10H,19H2,1H3. The number of aromatic nitrogens is 1. The van der Waals surface area contributed by atoms with E-state index in [0.717, 1.165) is 16.8 Å². The van der Waals surface area contributed by atoms with Crippen LogP contribution in [0.5, 0.6) is 0 Å². The third kappa shape index (κ3) is 2.58. The number of benzene rings is 1. The van der Waals surface area contributed by atoms with Crippen molar-refractivity contribution < 1.29 is 9.53 Å². The molecule has 0 saturated carbocycles. The Morgan fingerprint density at radius 2 is 2.00 bits per heavy atom. The van der Waals surface area contributed by atoms with Gasteiger partial charge in [-0.1, -0.05) is 12.1 Å². The van der Waals surface area contributed by atoms with E-state index in [1.165, 1.54) is 7.11 Å². The number of thiophene rings is 1. The molecule has 2 aromatic heterocycles. The highest BCUT2D eigenvalue weighted by Gasteiger charge is 2.21. The van der Waals surface area contributed by atoms with Gasteiger partial charge in [0.25, 0.3) is 0 Å². The van der Waals surface area contributed by atoms with Crippen LogP contribution in [0.25, 0.3) is 16.8 Å².